The van der Waals surface area contributed by atoms with Gasteiger partial charge in [0, 0.05) is 28.9 Å². The number of carbonyl (C=O) groups is 1. The number of ether oxygens (including phenoxy) is 1. The Morgan fingerprint density at radius 1 is 1.32 bits per heavy atom. The Morgan fingerprint density at radius 3 is 2.96 bits per heavy atom. The summed E-state index contributed by atoms with van der Waals surface area (Å²) >= 11 is 0. The van der Waals surface area contributed by atoms with Gasteiger partial charge in [-0.3, -0.25) is 9.59 Å². The smallest absolute Gasteiger partial charge is 0.268 e. The molecule has 2 heterocycles. The molecular formula is C19H19N3O3. The average Bonchev–Trinajstić information content (AvgIpc) is 3.01. The van der Waals surface area contributed by atoms with Crippen LogP contribution >= 0.6 is 0 Å². The predicted molar refractivity (Wildman–Crippen MR) is 95.1 cm³/mol. The summed E-state index contributed by atoms with van der Waals surface area (Å²) in [4.78, 5) is 30.7. The number of pyridine rings is 1. The topological polar surface area (TPSA) is 87.0 Å². The lowest BCUT2D eigenvalue weighted by molar-refractivity contribution is 0.0926. The first-order valence-electron chi connectivity index (χ1n) is 8.34. The second-order valence-electron chi connectivity index (χ2n) is 6.26. The van der Waals surface area contributed by atoms with Crippen molar-refractivity contribution in [3.8, 4) is 5.75 Å². The fourth-order valence-electron chi connectivity index (χ4n) is 3.54. The molecule has 4 rings (SSSR count). The highest BCUT2D eigenvalue weighted by molar-refractivity contribution is 5.93. The largest absolute Gasteiger partial charge is 0.491 e. The van der Waals surface area contributed by atoms with Crippen LogP contribution in [0.2, 0.25) is 0 Å². The van der Waals surface area contributed by atoms with Crippen LogP contribution in [-0.4, -0.2) is 23.0 Å². The molecule has 1 atom stereocenters. The number of hydrogen-bond acceptors (Lipinski definition) is 3. The number of aryl methyl sites for hydroxylation is 1. The number of H-pyrrole nitrogens is 2. The molecule has 1 aliphatic rings. The lowest BCUT2D eigenvalue weighted by atomic mass is 9.91. The van der Waals surface area contributed by atoms with Crippen LogP contribution in [0.25, 0.3) is 10.9 Å². The molecule has 0 fully saturated rings. The molecule has 0 bridgehead atoms. The number of methoxy groups -OCH3 is 1. The Hall–Kier alpha value is -3.02. The maximum atomic E-state index is 12.6. The molecule has 0 aliphatic heterocycles. The van der Waals surface area contributed by atoms with Gasteiger partial charge < -0.3 is 20.0 Å². The Kier molecular flexibility index (Phi) is 3.80. The van der Waals surface area contributed by atoms with Crippen molar-refractivity contribution in [1.29, 1.82) is 0 Å². The molecule has 6 heteroatoms. The van der Waals surface area contributed by atoms with Crippen LogP contribution in [0.5, 0.6) is 5.75 Å². The van der Waals surface area contributed by atoms with E-state index in [1.54, 1.807) is 0 Å². The van der Waals surface area contributed by atoms with E-state index in [2.05, 4.69) is 21.4 Å². The van der Waals surface area contributed by atoms with Gasteiger partial charge in [-0.25, -0.2) is 0 Å². The van der Waals surface area contributed by atoms with Crippen molar-refractivity contribution in [2.24, 2.45) is 0 Å². The van der Waals surface area contributed by atoms with E-state index in [9.17, 15) is 9.59 Å². The number of rotatable bonds is 3. The summed E-state index contributed by atoms with van der Waals surface area (Å²) in [6.07, 6.45) is 4.29. The molecule has 3 N–H and O–H groups in total. The molecule has 6 nitrogen and oxygen atoms in total. The second kappa shape index (κ2) is 6.12. The number of aromatic nitrogens is 2. The van der Waals surface area contributed by atoms with Gasteiger partial charge in [0.2, 0.25) is 5.43 Å². The van der Waals surface area contributed by atoms with Crippen LogP contribution in [0.15, 0.2) is 41.3 Å². The molecule has 0 saturated carbocycles. The minimum Gasteiger partial charge on any atom is -0.491 e. The van der Waals surface area contributed by atoms with Gasteiger partial charge in [-0.1, -0.05) is 18.2 Å². The minimum absolute atomic E-state index is 0.0887. The molecule has 25 heavy (non-hydrogen) atoms. The van der Waals surface area contributed by atoms with Crippen molar-refractivity contribution in [1.82, 2.24) is 15.3 Å². The Morgan fingerprint density at radius 2 is 2.16 bits per heavy atom. The Labute approximate surface area is 144 Å². The van der Waals surface area contributed by atoms with Crippen LogP contribution in [0.1, 0.15) is 40.6 Å². The molecule has 0 radical (unpaired) electrons. The number of nitrogens with one attached hydrogen (secondary N) is 3. The number of fused-ring (bicyclic) bond motifs is 3. The van der Waals surface area contributed by atoms with Gasteiger partial charge in [0.05, 0.1) is 13.2 Å². The quantitative estimate of drug-likeness (QED) is 0.687. The first-order valence-corrected chi connectivity index (χ1v) is 8.34. The van der Waals surface area contributed by atoms with E-state index in [-0.39, 0.29) is 28.8 Å². The summed E-state index contributed by atoms with van der Waals surface area (Å²) < 4.78 is 4.93. The van der Waals surface area contributed by atoms with Crippen molar-refractivity contribution >= 4 is 16.8 Å². The molecule has 1 aromatic carbocycles. The third-order valence-electron chi connectivity index (χ3n) is 4.76. The minimum atomic E-state index is -0.318. The highest BCUT2D eigenvalue weighted by atomic mass is 16.5. The van der Waals surface area contributed by atoms with E-state index in [0.29, 0.717) is 0 Å². The number of amides is 1. The van der Waals surface area contributed by atoms with Crippen LogP contribution in [-0.2, 0) is 6.42 Å². The Bertz CT molecular complexity index is 1000. The number of hydrogen-bond donors (Lipinski definition) is 3. The van der Waals surface area contributed by atoms with Crippen LogP contribution in [0, 0.1) is 0 Å². The van der Waals surface area contributed by atoms with Gasteiger partial charge in [0.15, 0.2) is 5.75 Å². The van der Waals surface area contributed by atoms with Gasteiger partial charge in [0.25, 0.3) is 5.91 Å². The highest BCUT2D eigenvalue weighted by Gasteiger charge is 2.26. The zero-order valence-electron chi connectivity index (χ0n) is 13.9. The zero-order chi connectivity index (χ0) is 17.4. The number of aromatic amines is 2. The fraction of sp³-hybridized carbons (Fsp3) is 0.263. The molecular weight excluding hydrogens is 318 g/mol. The zero-order valence-corrected chi connectivity index (χ0v) is 13.9. The van der Waals surface area contributed by atoms with Crippen molar-refractivity contribution in [3.05, 3.63) is 63.7 Å². The molecule has 3 aromatic rings. The van der Waals surface area contributed by atoms with Gasteiger partial charge >= 0.3 is 0 Å². The average molecular weight is 337 g/mol. The lowest BCUT2D eigenvalue weighted by Gasteiger charge is -2.23. The standard InChI is InChI=1S/C19H19N3O3/c1-25-17-10-20-15(9-16(17)23)19(24)22-14-8-4-6-12-11-5-2-3-7-13(11)21-18(12)14/h2-3,5,7,9-10,14,21H,4,6,8H2,1H3,(H,20,23)(H,22,24)/t14-/m0/s1. The summed E-state index contributed by atoms with van der Waals surface area (Å²) in [5, 5.41) is 4.25. The van der Waals surface area contributed by atoms with E-state index in [1.807, 2.05) is 18.2 Å². The van der Waals surface area contributed by atoms with Gasteiger partial charge in [-0.15, -0.1) is 0 Å². The molecule has 0 unspecified atom stereocenters. The number of para-hydroxylation sites is 1. The fourth-order valence-corrected chi connectivity index (χ4v) is 3.54. The third kappa shape index (κ3) is 2.69. The van der Waals surface area contributed by atoms with E-state index in [1.165, 1.54) is 30.3 Å². The molecule has 1 aliphatic carbocycles. The highest BCUT2D eigenvalue weighted by Crippen LogP contribution is 2.34. The molecule has 1 amide bonds. The van der Waals surface area contributed by atoms with Crippen LogP contribution in [0.3, 0.4) is 0 Å². The van der Waals surface area contributed by atoms with E-state index >= 15 is 0 Å². The summed E-state index contributed by atoms with van der Waals surface area (Å²) in [5.74, 6) is -0.108. The first-order chi connectivity index (χ1) is 12.2. The summed E-state index contributed by atoms with van der Waals surface area (Å²) in [6.45, 7) is 0. The number of benzene rings is 1. The van der Waals surface area contributed by atoms with Crippen LogP contribution < -0.4 is 15.5 Å². The predicted octanol–water partition coefficient (Wildman–Crippen LogP) is 2.67. The van der Waals surface area contributed by atoms with Crippen molar-refractivity contribution < 1.29 is 9.53 Å². The van der Waals surface area contributed by atoms with Crippen molar-refractivity contribution in [2.45, 2.75) is 25.3 Å². The number of carbonyl (C=O) groups excluding carboxylic acids is 1. The van der Waals surface area contributed by atoms with Crippen LogP contribution in [0.4, 0.5) is 0 Å². The monoisotopic (exact) mass is 337 g/mol. The molecule has 0 spiro atoms. The summed E-state index contributed by atoms with van der Waals surface area (Å²) in [7, 11) is 1.42. The van der Waals surface area contributed by atoms with Crippen molar-refractivity contribution in [3.63, 3.8) is 0 Å². The maximum absolute atomic E-state index is 12.6. The van der Waals surface area contributed by atoms with Gasteiger partial charge in [0.1, 0.15) is 5.69 Å². The molecule has 0 saturated heterocycles. The third-order valence-corrected chi connectivity index (χ3v) is 4.76. The van der Waals surface area contributed by atoms with E-state index in [4.69, 9.17) is 4.74 Å². The lowest BCUT2D eigenvalue weighted by Crippen LogP contribution is -2.32. The normalized spacial score (nSPS) is 16.4. The Balaban J connectivity index is 1.63. The molecule has 128 valence electrons. The van der Waals surface area contributed by atoms with E-state index < -0.39 is 0 Å². The second-order valence-corrected chi connectivity index (χ2v) is 6.26. The van der Waals surface area contributed by atoms with Crippen molar-refractivity contribution in [2.75, 3.05) is 7.11 Å². The summed E-state index contributed by atoms with van der Waals surface area (Å²) in [5.41, 5.74) is 3.34. The summed E-state index contributed by atoms with van der Waals surface area (Å²) in [6, 6.07) is 9.36. The first kappa shape index (κ1) is 15.5. The SMILES string of the molecule is COc1c[nH]c(C(=O)N[C@H]2CCCc3c2[nH]c2ccccc32)cc1=O. The molecule has 2 aromatic heterocycles. The maximum Gasteiger partial charge on any atom is 0.268 e. The van der Waals surface area contributed by atoms with E-state index in [0.717, 1.165) is 30.5 Å². The van der Waals surface area contributed by atoms with Gasteiger partial charge in [-0.05, 0) is 30.9 Å². The van der Waals surface area contributed by atoms with Gasteiger partial charge in [-0.2, -0.15) is 0 Å².